The normalized spacial score (nSPS) is 14.1. The van der Waals surface area contributed by atoms with Crippen molar-refractivity contribution in [1.29, 1.82) is 0 Å². The number of phosphoric ester groups is 1. The summed E-state index contributed by atoms with van der Waals surface area (Å²) in [6.07, 6.45) is 49.5. The Bertz CT molecular complexity index is 994. The first-order valence-electron chi connectivity index (χ1n) is 21.3. The number of nitrogens with two attached hydrogens (primary N) is 1. The van der Waals surface area contributed by atoms with Crippen LogP contribution in [0, 0.1) is 0 Å². The third-order valence-electron chi connectivity index (χ3n) is 8.67. The van der Waals surface area contributed by atoms with Gasteiger partial charge in [0.1, 0.15) is 6.10 Å². The second kappa shape index (κ2) is 41.4. The Hall–Kier alpha value is -1.80. The maximum atomic E-state index is 12.6. The number of carbonyl (C=O) groups is 1. The Balaban J connectivity index is 4.07. The van der Waals surface area contributed by atoms with Crippen molar-refractivity contribution in [2.45, 2.75) is 180 Å². The number of esters is 1. The first-order chi connectivity index (χ1) is 25.9. The lowest BCUT2D eigenvalue weighted by Crippen LogP contribution is -2.28. The van der Waals surface area contributed by atoms with Crippen molar-refractivity contribution in [2.75, 3.05) is 33.0 Å². The molecule has 53 heavy (non-hydrogen) atoms. The number of phosphoric acid groups is 1. The molecule has 0 aliphatic heterocycles. The zero-order valence-corrected chi connectivity index (χ0v) is 34.9. The summed E-state index contributed by atoms with van der Waals surface area (Å²) in [6.45, 7) is 4.75. The number of hydrogen-bond donors (Lipinski definition) is 2. The molecule has 8 nitrogen and oxygen atoms in total. The van der Waals surface area contributed by atoms with Gasteiger partial charge in [-0.05, 0) is 77.0 Å². The summed E-state index contributed by atoms with van der Waals surface area (Å²) in [5.74, 6) is -0.346. The van der Waals surface area contributed by atoms with Crippen LogP contribution in [-0.2, 0) is 27.9 Å². The van der Waals surface area contributed by atoms with E-state index in [0.29, 0.717) is 13.0 Å². The van der Waals surface area contributed by atoms with Gasteiger partial charge in [0.15, 0.2) is 0 Å². The van der Waals surface area contributed by atoms with Gasteiger partial charge in [-0.2, -0.15) is 0 Å². The minimum absolute atomic E-state index is 0.0946. The number of unbranched alkanes of at least 4 members (excludes halogenated alkanes) is 17. The van der Waals surface area contributed by atoms with E-state index in [4.69, 9.17) is 24.3 Å². The highest BCUT2D eigenvalue weighted by Gasteiger charge is 2.25. The maximum Gasteiger partial charge on any atom is 0.472 e. The fourth-order valence-electron chi connectivity index (χ4n) is 5.57. The Labute approximate surface area is 325 Å². The van der Waals surface area contributed by atoms with E-state index in [0.717, 1.165) is 83.5 Å². The van der Waals surface area contributed by atoms with Crippen molar-refractivity contribution in [2.24, 2.45) is 5.73 Å². The predicted molar refractivity (Wildman–Crippen MR) is 224 cm³/mol. The van der Waals surface area contributed by atoms with Crippen LogP contribution in [0.25, 0.3) is 0 Å². The van der Waals surface area contributed by atoms with Gasteiger partial charge in [0.2, 0.25) is 0 Å². The van der Waals surface area contributed by atoms with Gasteiger partial charge < -0.3 is 20.1 Å². The Morgan fingerprint density at radius 3 is 1.60 bits per heavy atom. The number of carbonyl (C=O) groups excluding carboxylic acids is 1. The minimum Gasteiger partial charge on any atom is -0.457 e. The molecular weight excluding hydrogens is 685 g/mol. The standard InChI is InChI=1S/C44H80NO7P/c1-3-5-7-9-11-13-15-17-19-20-21-22-23-24-26-28-30-32-34-36-39-49-41-43(42-51-53(47,48)50-40-38-45)52-44(46)37-35-33-31-29-27-25-18-16-14-12-10-8-6-4-2/h5,7,11,13,16-19,21-22,43H,3-4,6,8-10,12,14-15,20,23-42,45H2,1-2H3,(H,47,48)/b7-5-,13-11-,18-16-,19-17-,22-21-. The van der Waals surface area contributed by atoms with Gasteiger partial charge in [-0.25, -0.2) is 4.57 Å². The van der Waals surface area contributed by atoms with Crippen LogP contribution in [0.1, 0.15) is 174 Å². The molecule has 0 aliphatic rings. The molecule has 0 aromatic carbocycles. The van der Waals surface area contributed by atoms with E-state index in [1.807, 2.05) is 0 Å². The average molecular weight is 766 g/mol. The SMILES string of the molecule is CC/C=C\C/C=C\C/C=C\C/C=C\CCCCCCCCCOCC(COP(=O)(O)OCCN)OC(=O)CCCCCCC/C=C\CCCCCCC. The second-order valence-electron chi connectivity index (χ2n) is 13.8. The van der Waals surface area contributed by atoms with Gasteiger partial charge in [-0.3, -0.25) is 13.8 Å². The Morgan fingerprint density at radius 1 is 0.585 bits per heavy atom. The summed E-state index contributed by atoms with van der Waals surface area (Å²) in [6, 6.07) is 0. The van der Waals surface area contributed by atoms with Crippen LogP contribution in [0.5, 0.6) is 0 Å². The number of allylic oxidation sites excluding steroid dienone is 10. The van der Waals surface area contributed by atoms with E-state index in [1.54, 1.807) is 0 Å². The van der Waals surface area contributed by atoms with Gasteiger partial charge in [0.05, 0.1) is 19.8 Å². The fourth-order valence-corrected chi connectivity index (χ4v) is 6.33. The number of rotatable bonds is 40. The highest BCUT2D eigenvalue weighted by Crippen LogP contribution is 2.43. The first kappa shape index (κ1) is 51.2. The van der Waals surface area contributed by atoms with Gasteiger partial charge in [-0.15, -0.1) is 0 Å². The molecule has 0 bridgehead atoms. The monoisotopic (exact) mass is 766 g/mol. The van der Waals surface area contributed by atoms with E-state index in [9.17, 15) is 14.3 Å². The molecule has 0 saturated heterocycles. The van der Waals surface area contributed by atoms with Crippen molar-refractivity contribution >= 4 is 13.8 Å². The molecule has 0 rings (SSSR count). The van der Waals surface area contributed by atoms with Crippen LogP contribution in [0.2, 0.25) is 0 Å². The van der Waals surface area contributed by atoms with Crippen LogP contribution in [-0.4, -0.2) is 49.9 Å². The molecule has 0 radical (unpaired) electrons. The number of ether oxygens (including phenoxy) is 2. The van der Waals surface area contributed by atoms with E-state index < -0.39 is 13.9 Å². The Morgan fingerprint density at radius 2 is 1.06 bits per heavy atom. The molecular formula is C44H80NO7P. The fraction of sp³-hybridized carbons (Fsp3) is 0.750. The van der Waals surface area contributed by atoms with Crippen molar-refractivity contribution in [3.63, 3.8) is 0 Å². The molecule has 0 aromatic rings. The molecule has 2 atom stereocenters. The third kappa shape index (κ3) is 41.2. The van der Waals surface area contributed by atoms with Gasteiger partial charge >= 0.3 is 13.8 Å². The molecule has 0 aliphatic carbocycles. The van der Waals surface area contributed by atoms with Crippen molar-refractivity contribution < 1.29 is 32.8 Å². The highest BCUT2D eigenvalue weighted by atomic mass is 31.2. The van der Waals surface area contributed by atoms with Crippen molar-refractivity contribution in [3.05, 3.63) is 60.8 Å². The summed E-state index contributed by atoms with van der Waals surface area (Å²) >= 11 is 0. The lowest BCUT2D eigenvalue weighted by atomic mass is 10.1. The van der Waals surface area contributed by atoms with Crippen molar-refractivity contribution in [1.82, 2.24) is 0 Å². The largest absolute Gasteiger partial charge is 0.472 e. The molecule has 2 unspecified atom stereocenters. The molecule has 0 heterocycles. The lowest BCUT2D eigenvalue weighted by Gasteiger charge is -2.20. The second-order valence-corrected chi connectivity index (χ2v) is 15.3. The lowest BCUT2D eigenvalue weighted by molar-refractivity contribution is -0.154. The molecule has 308 valence electrons. The summed E-state index contributed by atoms with van der Waals surface area (Å²) in [7, 11) is -4.28. The van der Waals surface area contributed by atoms with E-state index >= 15 is 0 Å². The topological polar surface area (TPSA) is 117 Å². The predicted octanol–water partition coefficient (Wildman–Crippen LogP) is 12.6. The summed E-state index contributed by atoms with van der Waals surface area (Å²) in [5, 5.41) is 0. The van der Waals surface area contributed by atoms with Crippen LogP contribution in [0.15, 0.2) is 60.8 Å². The minimum atomic E-state index is -4.28. The molecule has 9 heteroatoms. The molecule has 0 aromatic heterocycles. The third-order valence-corrected chi connectivity index (χ3v) is 9.65. The zero-order chi connectivity index (χ0) is 38.8. The number of hydrogen-bond acceptors (Lipinski definition) is 7. The highest BCUT2D eigenvalue weighted by molar-refractivity contribution is 7.47. The van der Waals surface area contributed by atoms with Gasteiger partial charge in [-0.1, -0.05) is 152 Å². The molecule has 0 fully saturated rings. The zero-order valence-electron chi connectivity index (χ0n) is 34.0. The molecule has 0 saturated carbocycles. The van der Waals surface area contributed by atoms with Crippen LogP contribution in [0.4, 0.5) is 0 Å². The first-order valence-corrected chi connectivity index (χ1v) is 22.8. The molecule has 0 amide bonds. The van der Waals surface area contributed by atoms with Crippen LogP contribution >= 0.6 is 7.82 Å². The summed E-state index contributed by atoms with van der Waals surface area (Å²) in [4.78, 5) is 22.4. The smallest absolute Gasteiger partial charge is 0.457 e. The molecule has 0 spiro atoms. The summed E-state index contributed by atoms with van der Waals surface area (Å²) < 4.78 is 33.4. The van der Waals surface area contributed by atoms with Gasteiger partial charge in [0, 0.05) is 19.6 Å². The quantitative estimate of drug-likeness (QED) is 0.0274. The maximum absolute atomic E-state index is 12.6. The average Bonchev–Trinajstić information content (AvgIpc) is 3.15. The summed E-state index contributed by atoms with van der Waals surface area (Å²) in [5.41, 5.74) is 5.36. The molecule has 3 N–H and O–H groups in total. The van der Waals surface area contributed by atoms with Crippen molar-refractivity contribution in [3.8, 4) is 0 Å². The van der Waals surface area contributed by atoms with Gasteiger partial charge in [0.25, 0.3) is 0 Å². The van der Waals surface area contributed by atoms with Crippen LogP contribution < -0.4 is 5.73 Å². The Kier molecular flexibility index (Phi) is 40.0. The van der Waals surface area contributed by atoms with E-state index in [1.165, 1.54) is 70.6 Å². The van der Waals surface area contributed by atoms with E-state index in [2.05, 4.69) is 74.6 Å². The van der Waals surface area contributed by atoms with E-state index in [-0.39, 0.29) is 32.3 Å². The van der Waals surface area contributed by atoms with Crippen LogP contribution in [0.3, 0.4) is 0 Å².